The van der Waals surface area contributed by atoms with E-state index in [-0.39, 0.29) is 6.10 Å². The first kappa shape index (κ1) is 15.3. The Morgan fingerprint density at radius 2 is 1.95 bits per heavy atom. The molecule has 6 atom stereocenters. The largest absolute Gasteiger partial charge is 0.389 e. The van der Waals surface area contributed by atoms with Crippen molar-refractivity contribution >= 4 is 0 Å². The van der Waals surface area contributed by atoms with E-state index >= 15 is 0 Å². The Kier molecular flexibility index (Phi) is 3.64. The Hall–Kier alpha value is -0.560. The number of hydrogen-bond donors (Lipinski definition) is 1. The SMILES string of the molecule is C=CC1=C[C@@H](O)[C@@H]2[C@H](CC[C@@H]3C(C)(C)CCC[C@@]23C)C1C. The van der Waals surface area contributed by atoms with Crippen molar-refractivity contribution in [3.63, 3.8) is 0 Å². The molecule has 2 fully saturated rings. The molecule has 0 aliphatic heterocycles. The van der Waals surface area contributed by atoms with Gasteiger partial charge in [0.25, 0.3) is 0 Å². The second kappa shape index (κ2) is 4.98. The summed E-state index contributed by atoms with van der Waals surface area (Å²) >= 11 is 0. The summed E-state index contributed by atoms with van der Waals surface area (Å²) in [5, 5.41) is 10.9. The normalized spacial score (nSPS) is 48.8. The van der Waals surface area contributed by atoms with Gasteiger partial charge in [-0.15, -0.1) is 0 Å². The quantitative estimate of drug-likeness (QED) is 0.722. The Morgan fingerprint density at radius 3 is 2.62 bits per heavy atom. The van der Waals surface area contributed by atoms with E-state index in [0.29, 0.717) is 28.6 Å². The van der Waals surface area contributed by atoms with Crippen LogP contribution in [0, 0.1) is 34.5 Å². The van der Waals surface area contributed by atoms with Gasteiger partial charge in [-0.3, -0.25) is 0 Å². The number of aliphatic hydroxyl groups excluding tert-OH is 1. The maximum Gasteiger partial charge on any atom is 0.0763 e. The molecule has 118 valence electrons. The molecule has 0 aromatic carbocycles. The molecule has 1 N–H and O–H groups in total. The predicted octanol–water partition coefficient (Wildman–Crippen LogP) is 4.97. The van der Waals surface area contributed by atoms with Gasteiger partial charge >= 0.3 is 0 Å². The number of fused-ring (bicyclic) bond motifs is 3. The topological polar surface area (TPSA) is 20.2 Å². The van der Waals surface area contributed by atoms with Gasteiger partial charge in [-0.1, -0.05) is 52.8 Å². The Labute approximate surface area is 130 Å². The molecule has 1 heteroatoms. The molecule has 3 rings (SSSR count). The summed E-state index contributed by atoms with van der Waals surface area (Å²) in [5.41, 5.74) is 2.01. The molecule has 0 radical (unpaired) electrons. The lowest BCUT2D eigenvalue weighted by atomic mass is 9.43. The van der Waals surface area contributed by atoms with Crippen molar-refractivity contribution in [2.75, 3.05) is 0 Å². The molecule has 1 unspecified atom stereocenters. The van der Waals surface area contributed by atoms with Crippen molar-refractivity contribution in [1.29, 1.82) is 0 Å². The summed E-state index contributed by atoms with van der Waals surface area (Å²) in [6.07, 6.45) is 10.4. The zero-order valence-corrected chi connectivity index (χ0v) is 14.2. The Bertz CT molecular complexity index is 460. The summed E-state index contributed by atoms with van der Waals surface area (Å²) in [6, 6.07) is 0. The van der Waals surface area contributed by atoms with Crippen molar-refractivity contribution in [3.8, 4) is 0 Å². The summed E-state index contributed by atoms with van der Waals surface area (Å²) in [4.78, 5) is 0. The maximum atomic E-state index is 10.9. The first-order valence-electron chi connectivity index (χ1n) is 8.83. The first-order chi connectivity index (χ1) is 9.81. The summed E-state index contributed by atoms with van der Waals surface area (Å²) in [7, 11) is 0. The van der Waals surface area contributed by atoms with Crippen LogP contribution in [0.5, 0.6) is 0 Å². The summed E-state index contributed by atoms with van der Waals surface area (Å²) in [5.74, 6) is 2.39. The second-order valence-corrected chi connectivity index (χ2v) is 8.82. The van der Waals surface area contributed by atoms with E-state index < -0.39 is 0 Å². The van der Waals surface area contributed by atoms with Crippen LogP contribution in [0.15, 0.2) is 24.3 Å². The lowest BCUT2D eigenvalue weighted by molar-refractivity contribution is -0.137. The van der Waals surface area contributed by atoms with Crippen LogP contribution in [0.3, 0.4) is 0 Å². The van der Waals surface area contributed by atoms with Crippen LogP contribution in [0.2, 0.25) is 0 Å². The zero-order valence-electron chi connectivity index (χ0n) is 14.2. The van der Waals surface area contributed by atoms with E-state index in [1.54, 1.807) is 0 Å². The minimum absolute atomic E-state index is 0.277. The van der Waals surface area contributed by atoms with E-state index in [1.165, 1.54) is 37.7 Å². The van der Waals surface area contributed by atoms with Crippen LogP contribution in [0.4, 0.5) is 0 Å². The maximum absolute atomic E-state index is 10.9. The van der Waals surface area contributed by atoms with Gasteiger partial charge in [0.05, 0.1) is 6.10 Å². The van der Waals surface area contributed by atoms with Gasteiger partial charge in [-0.25, -0.2) is 0 Å². The standard InChI is InChI=1S/C20H32O/c1-6-14-12-16(21)18-15(13(14)2)8-9-17-19(3,4)10-7-11-20(17,18)5/h6,12-13,15-18,21H,1,7-11H2,2-5H3/t13?,15-,16-,17-,18+,20-/m1/s1. The van der Waals surface area contributed by atoms with Crippen LogP contribution in [-0.4, -0.2) is 11.2 Å². The summed E-state index contributed by atoms with van der Waals surface area (Å²) < 4.78 is 0. The molecule has 0 heterocycles. The minimum atomic E-state index is -0.277. The lowest BCUT2D eigenvalue weighted by Gasteiger charge is -2.62. The van der Waals surface area contributed by atoms with Gasteiger partial charge in [-0.05, 0) is 65.8 Å². The van der Waals surface area contributed by atoms with E-state index in [4.69, 9.17) is 0 Å². The molecule has 0 aromatic heterocycles. The third kappa shape index (κ3) is 2.15. The van der Waals surface area contributed by atoms with Crippen molar-refractivity contribution in [3.05, 3.63) is 24.3 Å². The first-order valence-corrected chi connectivity index (χ1v) is 8.83. The monoisotopic (exact) mass is 288 g/mol. The van der Waals surface area contributed by atoms with E-state index in [9.17, 15) is 5.11 Å². The highest BCUT2D eigenvalue weighted by Gasteiger charge is 2.57. The van der Waals surface area contributed by atoms with Crippen LogP contribution >= 0.6 is 0 Å². The molecule has 1 nitrogen and oxygen atoms in total. The van der Waals surface area contributed by atoms with Gasteiger partial charge in [0.15, 0.2) is 0 Å². The Balaban J connectivity index is 2.01. The van der Waals surface area contributed by atoms with Crippen LogP contribution in [-0.2, 0) is 0 Å². The molecule has 21 heavy (non-hydrogen) atoms. The average Bonchev–Trinajstić information content (AvgIpc) is 2.40. The van der Waals surface area contributed by atoms with Gasteiger partial charge in [0.1, 0.15) is 0 Å². The minimum Gasteiger partial charge on any atom is -0.389 e. The molecule has 0 aromatic rings. The fraction of sp³-hybridized carbons (Fsp3) is 0.800. The number of hydrogen-bond acceptors (Lipinski definition) is 1. The van der Waals surface area contributed by atoms with Gasteiger partial charge in [0, 0.05) is 0 Å². The number of aliphatic hydroxyl groups is 1. The molecular formula is C20H32O. The third-order valence-corrected chi connectivity index (χ3v) is 7.42. The molecular weight excluding hydrogens is 256 g/mol. The average molecular weight is 288 g/mol. The number of rotatable bonds is 1. The fourth-order valence-corrected chi connectivity index (χ4v) is 6.47. The van der Waals surface area contributed by atoms with Crippen LogP contribution in [0.25, 0.3) is 0 Å². The smallest absolute Gasteiger partial charge is 0.0763 e. The highest BCUT2D eigenvalue weighted by atomic mass is 16.3. The van der Waals surface area contributed by atoms with E-state index in [2.05, 4.69) is 40.3 Å². The lowest BCUT2D eigenvalue weighted by Crippen LogP contribution is -2.57. The highest BCUT2D eigenvalue weighted by molar-refractivity contribution is 5.27. The molecule has 3 aliphatic carbocycles. The van der Waals surface area contributed by atoms with Crippen molar-refractivity contribution in [2.24, 2.45) is 34.5 Å². The molecule has 2 saturated carbocycles. The predicted molar refractivity (Wildman–Crippen MR) is 88.9 cm³/mol. The van der Waals surface area contributed by atoms with Gasteiger partial charge in [0.2, 0.25) is 0 Å². The van der Waals surface area contributed by atoms with Gasteiger partial charge < -0.3 is 5.11 Å². The molecule has 0 spiro atoms. The number of allylic oxidation sites excluding steroid dienone is 2. The molecule has 0 saturated heterocycles. The highest BCUT2D eigenvalue weighted by Crippen LogP contribution is 2.64. The van der Waals surface area contributed by atoms with E-state index in [1.807, 2.05) is 6.08 Å². The summed E-state index contributed by atoms with van der Waals surface area (Å²) in [6.45, 7) is 13.7. The zero-order chi connectivity index (χ0) is 15.4. The fourth-order valence-electron chi connectivity index (χ4n) is 6.47. The van der Waals surface area contributed by atoms with Gasteiger partial charge in [-0.2, -0.15) is 0 Å². The Morgan fingerprint density at radius 1 is 1.24 bits per heavy atom. The molecule has 0 bridgehead atoms. The van der Waals surface area contributed by atoms with Crippen molar-refractivity contribution in [1.82, 2.24) is 0 Å². The van der Waals surface area contributed by atoms with E-state index in [0.717, 1.165) is 5.92 Å². The van der Waals surface area contributed by atoms with Crippen molar-refractivity contribution < 1.29 is 5.11 Å². The van der Waals surface area contributed by atoms with Crippen molar-refractivity contribution in [2.45, 2.75) is 65.9 Å². The third-order valence-electron chi connectivity index (χ3n) is 7.42. The molecule has 0 amide bonds. The second-order valence-electron chi connectivity index (χ2n) is 8.82. The molecule has 3 aliphatic rings. The van der Waals surface area contributed by atoms with Crippen LogP contribution in [0.1, 0.15) is 59.8 Å². The van der Waals surface area contributed by atoms with Crippen LogP contribution < -0.4 is 0 Å².